The van der Waals surface area contributed by atoms with E-state index in [-0.39, 0.29) is 5.91 Å². The van der Waals surface area contributed by atoms with Crippen molar-refractivity contribution in [2.45, 2.75) is 32.1 Å². The van der Waals surface area contributed by atoms with Crippen molar-refractivity contribution in [2.75, 3.05) is 11.9 Å². The summed E-state index contributed by atoms with van der Waals surface area (Å²) < 4.78 is 5.11. The van der Waals surface area contributed by atoms with Crippen molar-refractivity contribution in [2.24, 2.45) is 5.73 Å². The van der Waals surface area contributed by atoms with Gasteiger partial charge in [0.1, 0.15) is 0 Å². The van der Waals surface area contributed by atoms with Crippen LogP contribution in [-0.4, -0.2) is 22.6 Å². The molecule has 1 amide bonds. The molecule has 0 aliphatic heterocycles. The van der Waals surface area contributed by atoms with Crippen LogP contribution >= 0.6 is 0 Å². The van der Waals surface area contributed by atoms with Crippen LogP contribution in [0.2, 0.25) is 0 Å². The van der Waals surface area contributed by atoms with Gasteiger partial charge in [-0.3, -0.25) is 4.79 Å². The Balaban J connectivity index is 1.76. The molecule has 2 rings (SSSR count). The van der Waals surface area contributed by atoms with Crippen molar-refractivity contribution in [1.82, 2.24) is 10.2 Å². The fourth-order valence-electron chi connectivity index (χ4n) is 2.00. The van der Waals surface area contributed by atoms with Gasteiger partial charge in [-0.2, -0.15) is 0 Å². The van der Waals surface area contributed by atoms with Gasteiger partial charge in [0.15, 0.2) is 0 Å². The maximum atomic E-state index is 11.8. The Labute approximate surface area is 123 Å². The molecule has 2 aromatic rings. The van der Waals surface area contributed by atoms with E-state index in [0.29, 0.717) is 12.3 Å². The highest BCUT2D eigenvalue weighted by molar-refractivity contribution is 5.90. The molecule has 3 N–H and O–H groups in total. The zero-order chi connectivity index (χ0) is 14.9. The molecule has 1 aromatic carbocycles. The molecule has 6 nitrogen and oxygen atoms in total. The maximum absolute atomic E-state index is 11.8. The van der Waals surface area contributed by atoms with Crippen LogP contribution in [0.1, 0.15) is 32.1 Å². The number of nitrogens with zero attached hydrogens (tertiary/aromatic N) is 2. The van der Waals surface area contributed by atoms with Gasteiger partial charge in [0.25, 0.3) is 0 Å². The van der Waals surface area contributed by atoms with Gasteiger partial charge in [-0.25, -0.2) is 0 Å². The van der Waals surface area contributed by atoms with Gasteiger partial charge in [-0.05, 0) is 43.7 Å². The molecule has 0 bridgehead atoms. The highest BCUT2D eigenvalue weighted by atomic mass is 16.4. The number of amides is 1. The second kappa shape index (κ2) is 8.16. The van der Waals surface area contributed by atoms with Crippen LogP contribution in [0, 0.1) is 0 Å². The van der Waals surface area contributed by atoms with E-state index >= 15 is 0 Å². The van der Waals surface area contributed by atoms with Crippen LogP contribution in [0.5, 0.6) is 0 Å². The number of nitrogens with one attached hydrogen (secondary N) is 1. The fraction of sp³-hybridized carbons (Fsp3) is 0.400. The van der Waals surface area contributed by atoms with E-state index in [1.807, 2.05) is 24.3 Å². The summed E-state index contributed by atoms with van der Waals surface area (Å²) >= 11 is 0. The number of carbonyl (C=O) groups excluding carboxylic acids is 1. The SMILES string of the molecule is NCCCCCCC(=O)Nc1ccc(-c2nnco2)cc1. The van der Waals surface area contributed by atoms with Gasteiger partial charge in [-0.15, -0.1) is 10.2 Å². The minimum atomic E-state index is 0.0355. The molecule has 1 aromatic heterocycles. The van der Waals surface area contributed by atoms with E-state index < -0.39 is 0 Å². The summed E-state index contributed by atoms with van der Waals surface area (Å²) in [4.78, 5) is 11.8. The fourth-order valence-corrected chi connectivity index (χ4v) is 2.00. The Morgan fingerprint density at radius 3 is 2.57 bits per heavy atom. The van der Waals surface area contributed by atoms with Gasteiger partial charge in [-0.1, -0.05) is 12.8 Å². The summed E-state index contributed by atoms with van der Waals surface area (Å²) in [5.74, 6) is 0.501. The first-order chi connectivity index (χ1) is 10.3. The summed E-state index contributed by atoms with van der Waals surface area (Å²) in [6.07, 6.45) is 5.87. The highest BCUT2D eigenvalue weighted by Gasteiger charge is 2.05. The zero-order valence-corrected chi connectivity index (χ0v) is 11.9. The molecule has 0 atom stereocenters. The Kier molecular flexibility index (Phi) is 5.90. The minimum absolute atomic E-state index is 0.0355. The van der Waals surface area contributed by atoms with Crippen molar-refractivity contribution in [1.29, 1.82) is 0 Å². The number of hydrogen-bond acceptors (Lipinski definition) is 5. The first-order valence-electron chi connectivity index (χ1n) is 7.16. The summed E-state index contributed by atoms with van der Waals surface area (Å²) in [6.45, 7) is 0.721. The van der Waals surface area contributed by atoms with Crippen LogP contribution in [0.15, 0.2) is 35.1 Å². The molecule has 0 saturated carbocycles. The standard InChI is InChI=1S/C15H20N4O2/c16-10-4-2-1-3-5-14(20)18-13-8-6-12(7-9-13)15-19-17-11-21-15/h6-9,11H,1-5,10,16H2,(H,18,20). The molecule has 6 heteroatoms. The molecule has 21 heavy (non-hydrogen) atoms. The van der Waals surface area contributed by atoms with Crippen molar-refractivity contribution in [3.8, 4) is 11.5 Å². The van der Waals surface area contributed by atoms with Crippen molar-refractivity contribution >= 4 is 11.6 Å². The second-order valence-electron chi connectivity index (χ2n) is 4.82. The minimum Gasteiger partial charge on any atom is -0.423 e. The first-order valence-corrected chi connectivity index (χ1v) is 7.16. The third-order valence-electron chi connectivity index (χ3n) is 3.13. The van der Waals surface area contributed by atoms with Crippen LogP contribution in [0.3, 0.4) is 0 Å². The number of unbranched alkanes of at least 4 members (excludes halogenated alkanes) is 3. The van der Waals surface area contributed by atoms with Crippen LogP contribution in [-0.2, 0) is 4.79 Å². The Bertz CT molecular complexity index is 537. The number of anilines is 1. The first kappa shape index (κ1) is 15.2. The van der Waals surface area contributed by atoms with E-state index in [2.05, 4.69) is 15.5 Å². The van der Waals surface area contributed by atoms with E-state index in [1.54, 1.807) is 0 Å². The van der Waals surface area contributed by atoms with Crippen molar-refractivity contribution in [3.63, 3.8) is 0 Å². The predicted octanol–water partition coefficient (Wildman–Crippen LogP) is 2.58. The quantitative estimate of drug-likeness (QED) is 0.728. The average molecular weight is 288 g/mol. The number of hydrogen-bond donors (Lipinski definition) is 2. The summed E-state index contributed by atoms with van der Waals surface area (Å²) in [5, 5.41) is 10.3. The lowest BCUT2D eigenvalue weighted by molar-refractivity contribution is -0.116. The molecule has 0 radical (unpaired) electrons. The molecule has 1 heterocycles. The lowest BCUT2D eigenvalue weighted by Crippen LogP contribution is -2.11. The van der Waals surface area contributed by atoms with Crippen LogP contribution in [0.25, 0.3) is 11.5 Å². The molecule has 0 spiro atoms. The molecule has 0 aliphatic carbocycles. The van der Waals surface area contributed by atoms with Gasteiger partial charge in [0, 0.05) is 17.7 Å². The third-order valence-corrected chi connectivity index (χ3v) is 3.13. The van der Waals surface area contributed by atoms with E-state index in [9.17, 15) is 4.79 Å². The van der Waals surface area contributed by atoms with Crippen molar-refractivity contribution in [3.05, 3.63) is 30.7 Å². The number of rotatable bonds is 8. The molecular formula is C15H20N4O2. The van der Waals surface area contributed by atoms with E-state index in [4.69, 9.17) is 10.2 Å². The molecule has 0 unspecified atom stereocenters. The lowest BCUT2D eigenvalue weighted by Gasteiger charge is -2.05. The Morgan fingerprint density at radius 1 is 1.14 bits per heavy atom. The third kappa shape index (κ3) is 5.00. The van der Waals surface area contributed by atoms with E-state index in [1.165, 1.54) is 6.39 Å². The van der Waals surface area contributed by atoms with Gasteiger partial charge < -0.3 is 15.5 Å². The summed E-state index contributed by atoms with van der Waals surface area (Å²) in [6, 6.07) is 7.33. The average Bonchev–Trinajstić information content (AvgIpc) is 3.02. The van der Waals surface area contributed by atoms with Crippen LogP contribution in [0.4, 0.5) is 5.69 Å². The molecule has 0 aliphatic rings. The predicted molar refractivity (Wildman–Crippen MR) is 80.5 cm³/mol. The Hall–Kier alpha value is -2.21. The van der Waals surface area contributed by atoms with E-state index in [0.717, 1.165) is 43.5 Å². The smallest absolute Gasteiger partial charge is 0.247 e. The van der Waals surface area contributed by atoms with Gasteiger partial charge >= 0.3 is 0 Å². The molecular weight excluding hydrogens is 268 g/mol. The maximum Gasteiger partial charge on any atom is 0.247 e. The Morgan fingerprint density at radius 2 is 1.90 bits per heavy atom. The second-order valence-corrected chi connectivity index (χ2v) is 4.82. The summed E-state index contributed by atoms with van der Waals surface area (Å²) in [5.41, 5.74) is 7.02. The largest absolute Gasteiger partial charge is 0.423 e. The highest BCUT2D eigenvalue weighted by Crippen LogP contribution is 2.19. The van der Waals surface area contributed by atoms with Crippen molar-refractivity contribution < 1.29 is 9.21 Å². The number of carbonyl (C=O) groups is 1. The number of benzene rings is 1. The molecule has 112 valence electrons. The van der Waals surface area contributed by atoms with Gasteiger partial charge in [0.05, 0.1) is 0 Å². The summed E-state index contributed by atoms with van der Waals surface area (Å²) in [7, 11) is 0. The molecule has 0 saturated heterocycles. The topological polar surface area (TPSA) is 94.0 Å². The normalized spacial score (nSPS) is 10.5. The van der Waals surface area contributed by atoms with Crippen LogP contribution < -0.4 is 11.1 Å². The lowest BCUT2D eigenvalue weighted by atomic mass is 10.1. The zero-order valence-electron chi connectivity index (χ0n) is 11.9. The monoisotopic (exact) mass is 288 g/mol. The number of nitrogens with two attached hydrogens (primary N) is 1. The number of aromatic nitrogens is 2. The van der Waals surface area contributed by atoms with Gasteiger partial charge in [0.2, 0.25) is 18.2 Å². The molecule has 0 fully saturated rings.